The lowest BCUT2D eigenvalue weighted by Crippen LogP contribution is -2.24. The molecular formula is C15H10BrCl2N3O4. The largest absolute Gasteiger partial charge is 0.482 e. The molecule has 0 aromatic heterocycles. The normalized spacial score (nSPS) is 10.7. The van der Waals surface area contributed by atoms with Gasteiger partial charge >= 0.3 is 0 Å². The van der Waals surface area contributed by atoms with Gasteiger partial charge in [0, 0.05) is 16.7 Å². The van der Waals surface area contributed by atoms with Gasteiger partial charge in [0.15, 0.2) is 6.61 Å². The van der Waals surface area contributed by atoms with Crippen molar-refractivity contribution >= 4 is 56.9 Å². The van der Waals surface area contributed by atoms with E-state index in [2.05, 4.69) is 26.5 Å². The molecule has 10 heteroatoms. The highest BCUT2D eigenvalue weighted by molar-refractivity contribution is 9.10. The Morgan fingerprint density at radius 2 is 2.08 bits per heavy atom. The minimum atomic E-state index is -0.524. The zero-order chi connectivity index (χ0) is 18.4. The van der Waals surface area contributed by atoms with Crippen molar-refractivity contribution in [1.82, 2.24) is 5.43 Å². The van der Waals surface area contributed by atoms with Crippen LogP contribution in [0.2, 0.25) is 10.0 Å². The number of hydrazone groups is 1. The summed E-state index contributed by atoms with van der Waals surface area (Å²) in [6, 6.07) is 9.07. The first-order chi connectivity index (χ1) is 11.9. The second-order valence-corrected chi connectivity index (χ2v) is 6.32. The molecule has 0 unspecified atom stereocenters. The van der Waals surface area contributed by atoms with Crippen molar-refractivity contribution in [2.45, 2.75) is 0 Å². The zero-order valence-corrected chi connectivity index (χ0v) is 15.5. The van der Waals surface area contributed by atoms with Crippen LogP contribution in [0.15, 0.2) is 46.0 Å². The van der Waals surface area contributed by atoms with Gasteiger partial charge in [-0.2, -0.15) is 5.10 Å². The van der Waals surface area contributed by atoms with Crippen LogP contribution in [0.5, 0.6) is 5.75 Å². The number of benzene rings is 2. The van der Waals surface area contributed by atoms with Gasteiger partial charge in [-0.15, -0.1) is 0 Å². The maximum atomic E-state index is 11.7. The average Bonchev–Trinajstić information content (AvgIpc) is 2.55. The summed E-state index contributed by atoms with van der Waals surface area (Å²) < 4.78 is 5.60. The molecule has 0 saturated heterocycles. The molecule has 0 spiro atoms. The van der Waals surface area contributed by atoms with Crippen LogP contribution in [0.3, 0.4) is 0 Å². The number of nitro groups is 1. The third-order valence-corrected chi connectivity index (χ3v) is 4.02. The van der Waals surface area contributed by atoms with Crippen molar-refractivity contribution in [2.75, 3.05) is 6.61 Å². The highest BCUT2D eigenvalue weighted by Crippen LogP contribution is 2.27. The number of hydrogen-bond acceptors (Lipinski definition) is 5. The van der Waals surface area contributed by atoms with Crippen molar-refractivity contribution < 1.29 is 14.5 Å². The van der Waals surface area contributed by atoms with Gasteiger partial charge in [0.1, 0.15) is 5.75 Å². The molecule has 1 N–H and O–H groups in total. The van der Waals surface area contributed by atoms with Crippen LogP contribution in [-0.2, 0) is 4.79 Å². The summed E-state index contributed by atoms with van der Waals surface area (Å²) >= 11 is 14.8. The van der Waals surface area contributed by atoms with E-state index >= 15 is 0 Å². The summed E-state index contributed by atoms with van der Waals surface area (Å²) in [6.45, 7) is -0.306. The first-order valence-electron chi connectivity index (χ1n) is 6.70. The van der Waals surface area contributed by atoms with E-state index in [1.165, 1.54) is 24.4 Å². The number of hydrogen-bond donors (Lipinski definition) is 1. The topological polar surface area (TPSA) is 93.8 Å². The fourth-order valence-corrected chi connectivity index (χ4v) is 2.55. The molecule has 7 nitrogen and oxygen atoms in total. The molecule has 0 heterocycles. The highest BCUT2D eigenvalue weighted by Gasteiger charge is 2.11. The van der Waals surface area contributed by atoms with Crippen molar-refractivity contribution in [3.05, 3.63) is 66.6 Å². The van der Waals surface area contributed by atoms with Crippen molar-refractivity contribution in [3.8, 4) is 5.75 Å². The summed E-state index contributed by atoms with van der Waals surface area (Å²) in [5.41, 5.74) is 2.60. The zero-order valence-electron chi connectivity index (χ0n) is 12.4. The first kappa shape index (κ1) is 19.2. The Bertz CT molecular complexity index is 846. The Balaban J connectivity index is 1.90. The van der Waals surface area contributed by atoms with Gasteiger partial charge in [0.05, 0.1) is 20.6 Å². The van der Waals surface area contributed by atoms with Gasteiger partial charge in [-0.25, -0.2) is 5.43 Å². The molecule has 0 aliphatic rings. The van der Waals surface area contributed by atoms with Crippen LogP contribution in [-0.4, -0.2) is 23.7 Å². The van der Waals surface area contributed by atoms with Gasteiger partial charge < -0.3 is 4.74 Å². The number of ether oxygens (including phenoxy) is 1. The van der Waals surface area contributed by atoms with Gasteiger partial charge in [-0.1, -0.05) is 29.3 Å². The van der Waals surface area contributed by atoms with E-state index in [1.54, 1.807) is 18.2 Å². The molecule has 0 bridgehead atoms. The summed E-state index contributed by atoms with van der Waals surface area (Å²) in [5.74, 6) is -0.206. The van der Waals surface area contributed by atoms with E-state index in [0.717, 1.165) is 0 Å². The van der Waals surface area contributed by atoms with Crippen molar-refractivity contribution in [1.29, 1.82) is 0 Å². The molecule has 2 rings (SSSR count). The minimum Gasteiger partial charge on any atom is -0.482 e. The van der Waals surface area contributed by atoms with Gasteiger partial charge in [0.2, 0.25) is 0 Å². The van der Waals surface area contributed by atoms with E-state index in [9.17, 15) is 14.9 Å². The van der Waals surface area contributed by atoms with Crippen molar-refractivity contribution in [2.24, 2.45) is 5.10 Å². The summed E-state index contributed by atoms with van der Waals surface area (Å²) in [7, 11) is 0. The number of nitro benzene ring substituents is 1. The number of nitrogens with one attached hydrogen (secondary N) is 1. The van der Waals surface area contributed by atoms with Gasteiger partial charge in [-0.3, -0.25) is 14.9 Å². The van der Waals surface area contributed by atoms with Crippen LogP contribution < -0.4 is 10.2 Å². The molecule has 0 radical (unpaired) electrons. The third kappa shape index (κ3) is 5.70. The predicted molar refractivity (Wildman–Crippen MR) is 98.5 cm³/mol. The summed E-state index contributed by atoms with van der Waals surface area (Å²) in [4.78, 5) is 22.0. The molecule has 2 aromatic rings. The van der Waals surface area contributed by atoms with Crippen LogP contribution in [0.4, 0.5) is 5.69 Å². The first-order valence-corrected chi connectivity index (χ1v) is 8.25. The molecule has 0 saturated carbocycles. The fraction of sp³-hybridized carbons (Fsp3) is 0.0667. The fourth-order valence-electron chi connectivity index (χ4n) is 1.70. The smallest absolute Gasteiger partial charge is 0.284 e. The Morgan fingerprint density at radius 1 is 1.32 bits per heavy atom. The average molecular weight is 447 g/mol. The monoisotopic (exact) mass is 445 g/mol. The van der Waals surface area contributed by atoms with Crippen LogP contribution >= 0.6 is 39.1 Å². The lowest BCUT2D eigenvalue weighted by molar-refractivity contribution is -0.385. The molecule has 0 atom stereocenters. The molecule has 0 fully saturated rings. The number of carbonyl (C=O) groups excluding carboxylic acids is 1. The number of halogens is 3. The number of carbonyl (C=O) groups is 1. The van der Waals surface area contributed by atoms with E-state index < -0.39 is 10.8 Å². The van der Waals surface area contributed by atoms with E-state index in [1.807, 2.05) is 0 Å². The number of amides is 1. The van der Waals surface area contributed by atoms with Crippen molar-refractivity contribution in [3.63, 3.8) is 0 Å². The van der Waals surface area contributed by atoms with E-state index in [4.69, 9.17) is 27.9 Å². The standard InChI is InChI=1S/C15H10BrCl2N3O4/c16-11-3-1-9(5-13(11)21(23)24)7-19-20-15(22)8-25-14-4-2-10(17)6-12(14)18/h1-7H,8H2,(H,20,22)/b19-7-. The lowest BCUT2D eigenvalue weighted by atomic mass is 10.2. The quantitative estimate of drug-likeness (QED) is 0.408. The Hall–Kier alpha value is -2.16. The molecule has 25 heavy (non-hydrogen) atoms. The SMILES string of the molecule is O=C(COc1ccc(Cl)cc1Cl)N/N=C\c1ccc(Br)c([N+](=O)[O-])c1. The second kappa shape index (κ2) is 8.80. The van der Waals surface area contributed by atoms with Crippen LogP contribution in [0.25, 0.3) is 0 Å². The Morgan fingerprint density at radius 3 is 2.76 bits per heavy atom. The highest BCUT2D eigenvalue weighted by atomic mass is 79.9. The predicted octanol–water partition coefficient (Wildman–Crippen LogP) is 4.19. The number of rotatable bonds is 6. The molecule has 0 aliphatic carbocycles. The van der Waals surface area contributed by atoms with Gasteiger partial charge in [0.25, 0.3) is 11.6 Å². The number of nitrogens with zero attached hydrogens (tertiary/aromatic N) is 2. The molecule has 2 aromatic carbocycles. The van der Waals surface area contributed by atoms with Crippen LogP contribution in [0.1, 0.15) is 5.56 Å². The molecular weight excluding hydrogens is 437 g/mol. The molecule has 130 valence electrons. The lowest BCUT2D eigenvalue weighted by Gasteiger charge is -2.07. The minimum absolute atomic E-state index is 0.101. The second-order valence-electron chi connectivity index (χ2n) is 4.62. The Kier molecular flexibility index (Phi) is 6.74. The molecule has 0 aliphatic heterocycles. The van der Waals surface area contributed by atoms with Crippen LogP contribution in [0, 0.1) is 10.1 Å². The summed E-state index contributed by atoms with van der Waals surface area (Å²) in [6.07, 6.45) is 1.28. The third-order valence-electron chi connectivity index (χ3n) is 2.82. The maximum absolute atomic E-state index is 11.7. The van der Waals surface area contributed by atoms with E-state index in [-0.39, 0.29) is 17.3 Å². The van der Waals surface area contributed by atoms with E-state index in [0.29, 0.717) is 20.8 Å². The van der Waals surface area contributed by atoms with Gasteiger partial charge in [-0.05, 0) is 40.2 Å². The summed E-state index contributed by atoms with van der Waals surface area (Å²) in [5, 5.41) is 15.3. The molecule has 1 amide bonds. The maximum Gasteiger partial charge on any atom is 0.284 e. The Labute approximate surface area is 160 Å².